The number of aliphatic hydroxyl groups excluding tert-OH is 1. The number of rotatable bonds is 16. The number of aliphatic hydroxyl groups is 1. The van der Waals surface area contributed by atoms with E-state index in [1.807, 2.05) is 35.9 Å². The number of aryl methyl sites for hydroxylation is 1. The van der Waals surface area contributed by atoms with Gasteiger partial charge >= 0.3 is 0 Å². The fourth-order valence-corrected chi connectivity index (χ4v) is 7.13. The van der Waals surface area contributed by atoms with Gasteiger partial charge in [0, 0.05) is 50.1 Å². The predicted octanol–water partition coefficient (Wildman–Crippen LogP) is 9.62. The number of Topliss-reactive ketones (excluding diaryl/α,β-unsaturated/α-hetero) is 1. The van der Waals surface area contributed by atoms with Crippen molar-refractivity contribution in [1.29, 1.82) is 0 Å². The van der Waals surface area contributed by atoms with Crippen LogP contribution in [0.15, 0.2) is 72.0 Å². The third kappa shape index (κ3) is 7.33. The van der Waals surface area contributed by atoms with Crippen LogP contribution in [-0.4, -0.2) is 28.5 Å². The molecule has 1 N–H and O–H groups in total. The van der Waals surface area contributed by atoms with Crippen LogP contribution >= 0.6 is 11.3 Å². The summed E-state index contributed by atoms with van der Waals surface area (Å²) < 4.78 is 5.47. The zero-order valence-electron chi connectivity index (χ0n) is 27.4. The monoisotopic (exact) mass is 622 g/mol. The number of carbonyl (C=O) groups excluding carboxylic acids is 1. The molecule has 0 radical (unpaired) electrons. The largest absolute Gasteiger partial charge is 0.506 e. The number of hydrogen-bond acceptors (Lipinski definition) is 4. The SMILES string of the molecule is CCCCCC[n+]1c(/C=C2\C(=O)C(c3ccc(/C=C/c4ccc(N(CCCC)CCCC)cc4)n3C)=C2O)sc2ccccc21. The van der Waals surface area contributed by atoms with E-state index in [1.54, 1.807) is 11.3 Å². The number of allylic oxidation sites excluding steroid dienone is 2. The highest BCUT2D eigenvalue weighted by Crippen LogP contribution is 2.38. The van der Waals surface area contributed by atoms with Crippen molar-refractivity contribution in [3.63, 3.8) is 0 Å². The van der Waals surface area contributed by atoms with Gasteiger partial charge in [-0.3, -0.25) is 4.79 Å². The van der Waals surface area contributed by atoms with Crippen molar-refractivity contribution in [2.24, 2.45) is 7.05 Å². The Labute approximate surface area is 272 Å². The van der Waals surface area contributed by atoms with Crippen LogP contribution in [0.5, 0.6) is 0 Å². The average molecular weight is 623 g/mol. The van der Waals surface area contributed by atoms with Crippen LogP contribution in [0.4, 0.5) is 5.69 Å². The molecule has 45 heavy (non-hydrogen) atoms. The lowest BCUT2D eigenvalue weighted by Crippen LogP contribution is -2.35. The molecule has 2 heterocycles. The molecule has 0 bridgehead atoms. The molecule has 236 valence electrons. The molecule has 6 heteroatoms. The van der Waals surface area contributed by atoms with Gasteiger partial charge in [-0.25, -0.2) is 0 Å². The van der Waals surface area contributed by atoms with Crippen molar-refractivity contribution in [3.8, 4) is 0 Å². The Morgan fingerprint density at radius 1 is 0.844 bits per heavy atom. The number of ketones is 1. The third-order valence-electron chi connectivity index (χ3n) is 8.79. The quantitative estimate of drug-likeness (QED) is 0.0769. The highest BCUT2D eigenvalue weighted by molar-refractivity contribution is 7.18. The number of fused-ring (bicyclic) bond motifs is 1. The second-order valence-electron chi connectivity index (χ2n) is 12.1. The third-order valence-corrected chi connectivity index (χ3v) is 9.90. The van der Waals surface area contributed by atoms with Crippen LogP contribution in [-0.2, 0) is 18.4 Å². The second kappa shape index (κ2) is 15.4. The number of carbonyl (C=O) groups is 1. The molecular weight excluding hydrogens is 575 g/mol. The van der Waals surface area contributed by atoms with E-state index in [0.717, 1.165) is 48.0 Å². The average Bonchev–Trinajstić information content (AvgIpc) is 3.60. The summed E-state index contributed by atoms with van der Waals surface area (Å²) in [6.45, 7) is 9.80. The first-order valence-electron chi connectivity index (χ1n) is 16.8. The fraction of sp³-hybridized carbons (Fsp3) is 0.385. The van der Waals surface area contributed by atoms with Crippen LogP contribution in [0.25, 0.3) is 34.0 Å². The van der Waals surface area contributed by atoms with Crippen molar-refractivity contribution >= 4 is 56.8 Å². The molecule has 0 spiro atoms. The predicted molar refractivity (Wildman–Crippen MR) is 192 cm³/mol. The lowest BCUT2D eigenvalue weighted by molar-refractivity contribution is -0.669. The van der Waals surface area contributed by atoms with Crippen molar-refractivity contribution in [2.75, 3.05) is 18.0 Å². The van der Waals surface area contributed by atoms with Crippen molar-refractivity contribution < 1.29 is 14.5 Å². The van der Waals surface area contributed by atoms with Gasteiger partial charge in [0.1, 0.15) is 10.5 Å². The highest BCUT2D eigenvalue weighted by atomic mass is 32.1. The summed E-state index contributed by atoms with van der Waals surface area (Å²) in [7, 11) is 1.95. The van der Waals surface area contributed by atoms with Gasteiger partial charge in [-0.2, -0.15) is 4.57 Å². The highest BCUT2D eigenvalue weighted by Gasteiger charge is 2.37. The lowest BCUT2D eigenvalue weighted by Gasteiger charge is -2.24. The number of nitrogens with zero attached hydrogens (tertiary/aromatic N) is 3. The standard InChI is InChI=1S/C39H47N3O2S/c1-5-8-11-14-27-42-33-15-12-13-16-35(33)45-36(42)28-32-38(43)37(39(32)44)34-24-23-30(40(34)4)20-17-29-18-21-31(22-19-29)41(25-9-6-2)26-10-7-3/h12-13,15-24,28H,5-11,14,25-27H2,1-4H3/p+1. The van der Waals surface area contributed by atoms with Gasteiger partial charge < -0.3 is 14.6 Å². The molecule has 5 rings (SSSR count). The van der Waals surface area contributed by atoms with Crippen molar-refractivity contribution in [1.82, 2.24) is 4.57 Å². The summed E-state index contributed by atoms with van der Waals surface area (Å²) in [5.74, 6) is -0.0245. The lowest BCUT2D eigenvalue weighted by atomic mass is 9.86. The number of unbranched alkanes of at least 4 members (excludes halogenated alkanes) is 5. The number of para-hydroxylation sites is 1. The molecule has 1 aliphatic carbocycles. The summed E-state index contributed by atoms with van der Waals surface area (Å²) >= 11 is 1.67. The van der Waals surface area contributed by atoms with E-state index >= 15 is 0 Å². The molecule has 0 saturated heterocycles. The van der Waals surface area contributed by atoms with E-state index in [9.17, 15) is 9.90 Å². The van der Waals surface area contributed by atoms with E-state index < -0.39 is 0 Å². The van der Waals surface area contributed by atoms with E-state index in [4.69, 9.17) is 0 Å². The maximum Gasteiger partial charge on any atom is 0.263 e. The Morgan fingerprint density at radius 2 is 1.56 bits per heavy atom. The van der Waals surface area contributed by atoms with Gasteiger partial charge in [0.2, 0.25) is 11.3 Å². The minimum atomic E-state index is -0.106. The zero-order chi connectivity index (χ0) is 31.8. The molecule has 1 aliphatic rings. The molecule has 0 saturated carbocycles. The summed E-state index contributed by atoms with van der Waals surface area (Å²) in [5, 5.41) is 12.1. The van der Waals surface area contributed by atoms with Crippen LogP contribution in [0, 0.1) is 0 Å². The number of anilines is 1. The molecule has 0 unspecified atom stereocenters. The number of aromatic nitrogens is 2. The number of thiazole rings is 1. The first-order chi connectivity index (χ1) is 22.0. The normalized spacial score (nSPS) is 14.3. The van der Waals surface area contributed by atoms with Gasteiger partial charge in [-0.15, -0.1) is 0 Å². The summed E-state index contributed by atoms with van der Waals surface area (Å²) in [4.78, 5) is 15.9. The maximum absolute atomic E-state index is 13.4. The number of benzene rings is 2. The van der Waals surface area contributed by atoms with Crippen LogP contribution in [0.1, 0.15) is 94.1 Å². The van der Waals surface area contributed by atoms with Crippen LogP contribution in [0.3, 0.4) is 0 Å². The molecule has 2 aromatic heterocycles. The molecule has 0 atom stereocenters. The molecule has 0 aliphatic heterocycles. The Balaban J connectivity index is 1.33. The van der Waals surface area contributed by atoms with E-state index in [0.29, 0.717) is 11.1 Å². The summed E-state index contributed by atoms with van der Waals surface area (Å²) in [5.41, 5.74) is 6.08. The maximum atomic E-state index is 13.4. The molecule has 5 nitrogen and oxygen atoms in total. The van der Waals surface area contributed by atoms with Gasteiger partial charge in [0.15, 0.2) is 6.54 Å². The molecule has 0 fully saturated rings. The first kappa shape index (κ1) is 32.5. The summed E-state index contributed by atoms with van der Waals surface area (Å²) in [6, 6.07) is 21.1. The molecule has 0 amide bonds. The van der Waals surface area contributed by atoms with Crippen LogP contribution < -0.4 is 9.47 Å². The minimum Gasteiger partial charge on any atom is -0.506 e. The Kier molecular flexibility index (Phi) is 11.1. The fourth-order valence-electron chi connectivity index (χ4n) is 6.00. The van der Waals surface area contributed by atoms with Crippen molar-refractivity contribution in [3.05, 3.63) is 94.0 Å². The zero-order valence-corrected chi connectivity index (χ0v) is 28.2. The Bertz CT molecular complexity index is 1700. The first-order valence-corrected chi connectivity index (χ1v) is 17.6. The smallest absolute Gasteiger partial charge is 0.263 e. The van der Waals surface area contributed by atoms with Gasteiger partial charge in [-0.1, -0.05) is 88.1 Å². The molecule has 2 aromatic carbocycles. The Morgan fingerprint density at radius 3 is 2.24 bits per heavy atom. The molecule has 4 aromatic rings. The van der Waals surface area contributed by atoms with Crippen LogP contribution in [0.2, 0.25) is 0 Å². The second-order valence-corrected chi connectivity index (χ2v) is 13.1. The van der Waals surface area contributed by atoms with Crippen molar-refractivity contribution in [2.45, 2.75) is 78.7 Å². The number of hydrogen-bond donors (Lipinski definition) is 1. The van der Waals surface area contributed by atoms with E-state index in [1.165, 1.54) is 60.8 Å². The van der Waals surface area contributed by atoms with Gasteiger partial charge in [0.25, 0.3) is 5.01 Å². The molecular formula is C39H48N3O2S+. The van der Waals surface area contributed by atoms with E-state index in [-0.39, 0.29) is 11.5 Å². The Hall–Kier alpha value is -3.90. The topological polar surface area (TPSA) is 49.3 Å². The summed E-state index contributed by atoms with van der Waals surface area (Å²) in [6.07, 6.45) is 15.6. The van der Waals surface area contributed by atoms with Gasteiger partial charge in [0.05, 0.1) is 16.8 Å². The van der Waals surface area contributed by atoms with E-state index in [2.05, 4.69) is 84.9 Å². The minimum absolute atomic E-state index is 0.0815. The van der Waals surface area contributed by atoms with Gasteiger partial charge in [-0.05, 0) is 61.2 Å².